The Labute approximate surface area is 52.8 Å². The van der Waals surface area contributed by atoms with Crippen LogP contribution < -0.4 is 0 Å². The highest BCUT2D eigenvalue weighted by atomic mass is 35.5. The number of imidazole rings is 1. The monoisotopic (exact) mass is 129 g/mol. The Morgan fingerprint density at radius 3 is 2.75 bits per heavy atom. The third-order valence-electron chi connectivity index (χ3n) is 0.619. The molecule has 0 aliphatic carbocycles. The van der Waals surface area contributed by atoms with Crippen molar-refractivity contribution in [3.05, 3.63) is 18.2 Å². The number of aromatic amines is 1. The lowest BCUT2D eigenvalue weighted by Crippen LogP contribution is -1.64. The minimum Gasteiger partial charge on any atom is -0.336 e. The summed E-state index contributed by atoms with van der Waals surface area (Å²) in [6.45, 7) is 0. The molecule has 0 saturated carbocycles. The molecule has 0 saturated heterocycles. The van der Waals surface area contributed by atoms with Gasteiger partial charge in [-0.1, -0.05) is 0 Å². The third-order valence-corrected chi connectivity index (χ3v) is 0.619. The Hall–Kier alpha value is -1.01. The van der Waals surface area contributed by atoms with E-state index >= 15 is 0 Å². The molecule has 0 aliphatic heterocycles. The van der Waals surface area contributed by atoms with Gasteiger partial charge in [0, 0.05) is 0 Å². The molecule has 1 heterocycles. The number of nitriles is 1. The van der Waals surface area contributed by atoms with E-state index in [1.165, 1.54) is 12.5 Å². The number of nitrogens with zero attached hydrogens (tertiary/aromatic N) is 2. The van der Waals surface area contributed by atoms with Crippen LogP contribution in [0.5, 0.6) is 0 Å². The largest absolute Gasteiger partial charge is 0.336 e. The molecule has 1 N–H and O–H groups in total. The molecule has 1 aromatic heterocycles. The average molecular weight is 130 g/mol. The first-order valence-electron chi connectivity index (χ1n) is 1.82. The summed E-state index contributed by atoms with van der Waals surface area (Å²) in [5.74, 6) is 0. The summed E-state index contributed by atoms with van der Waals surface area (Å²) in [4.78, 5) is 6.23. The van der Waals surface area contributed by atoms with Crippen molar-refractivity contribution in [1.82, 2.24) is 9.97 Å². The number of rotatable bonds is 0. The van der Waals surface area contributed by atoms with Gasteiger partial charge in [-0.05, 0) is 0 Å². The van der Waals surface area contributed by atoms with Gasteiger partial charge >= 0.3 is 0 Å². The summed E-state index contributed by atoms with van der Waals surface area (Å²) in [6.07, 6.45) is 2.94. The van der Waals surface area contributed by atoms with Gasteiger partial charge in [-0.2, -0.15) is 5.26 Å². The molecular weight excluding hydrogens is 126 g/mol. The van der Waals surface area contributed by atoms with Gasteiger partial charge in [0.05, 0.1) is 12.5 Å². The number of nitrogens with one attached hydrogen (secondary N) is 1. The van der Waals surface area contributed by atoms with E-state index < -0.39 is 0 Å². The average Bonchev–Trinajstić information content (AvgIpc) is 2.14. The predicted octanol–water partition coefficient (Wildman–Crippen LogP) is 0.703. The first-order chi connectivity index (χ1) is 3.43. The number of H-pyrrole nitrogens is 1. The van der Waals surface area contributed by atoms with E-state index in [0.29, 0.717) is 5.69 Å². The minimum absolute atomic E-state index is 0. The molecule has 0 fully saturated rings. The number of hydrogen-bond acceptors (Lipinski definition) is 2. The topological polar surface area (TPSA) is 52.5 Å². The molecule has 0 unspecified atom stereocenters. The molecule has 1 rings (SSSR count). The summed E-state index contributed by atoms with van der Waals surface area (Å²) in [6, 6.07) is 1.89. The molecule has 0 aromatic carbocycles. The first-order valence-corrected chi connectivity index (χ1v) is 1.82. The summed E-state index contributed by atoms with van der Waals surface area (Å²) in [5.41, 5.74) is 0.500. The summed E-state index contributed by atoms with van der Waals surface area (Å²) >= 11 is 0. The third kappa shape index (κ3) is 1.24. The van der Waals surface area contributed by atoms with Gasteiger partial charge in [0.15, 0.2) is 0 Å². The number of hydrogen-bond donors (Lipinski definition) is 1. The Kier molecular flexibility index (Phi) is 2.67. The van der Waals surface area contributed by atoms with Gasteiger partial charge in [-0.15, -0.1) is 12.4 Å². The molecule has 0 spiro atoms. The molecule has 0 atom stereocenters. The van der Waals surface area contributed by atoms with Crippen molar-refractivity contribution in [2.75, 3.05) is 0 Å². The fourth-order valence-corrected chi connectivity index (χ4v) is 0.317. The lowest BCUT2D eigenvalue weighted by Gasteiger charge is -1.64. The first kappa shape index (κ1) is 6.99. The zero-order valence-electron chi connectivity index (χ0n) is 3.96. The van der Waals surface area contributed by atoms with Crippen LogP contribution in [0.4, 0.5) is 0 Å². The molecule has 42 valence electrons. The van der Waals surface area contributed by atoms with E-state index in [1.54, 1.807) is 0 Å². The van der Waals surface area contributed by atoms with Gasteiger partial charge in [0.2, 0.25) is 0 Å². The fraction of sp³-hybridized carbons (Fsp3) is 0. The maximum absolute atomic E-state index is 8.11. The normalized spacial score (nSPS) is 6.88. The molecule has 8 heavy (non-hydrogen) atoms. The van der Waals surface area contributed by atoms with Crippen LogP contribution >= 0.6 is 12.4 Å². The van der Waals surface area contributed by atoms with E-state index in [0.717, 1.165) is 0 Å². The van der Waals surface area contributed by atoms with Crippen LogP contribution in [-0.2, 0) is 0 Å². The van der Waals surface area contributed by atoms with Gasteiger partial charge in [-0.25, -0.2) is 4.98 Å². The van der Waals surface area contributed by atoms with Gasteiger partial charge in [0.1, 0.15) is 11.8 Å². The smallest absolute Gasteiger partial charge is 0.137 e. The zero-order chi connectivity index (χ0) is 5.11. The minimum atomic E-state index is 0. The number of halogens is 1. The zero-order valence-corrected chi connectivity index (χ0v) is 4.77. The van der Waals surface area contributed by atoms with Gasteiger partial charge < -0.3 is 4.98 Å². The molecule has 0 radical (unpaired) electrons. The molecule has 3 nitrogen and oxygen atoms in total. The van der Waals surface area contributed by atoms with Crippen molar-refractivity contribution in [1.29, 1.82) is 5.26 Å². The van der Waals surface area contributed by atoms with Crippen molar-refractivity contribution < 1.29 is 0 Å². The molecule has 4 heteroatoms. The number of aromatic nitrogens is 2. The van der Waals surface area contributed by atoms with E-state index in [9.17, 15) is 0 Å². The Bertz CT molecular complexity index is 174. The highest BCUT2D eigenvalue weighted by Crippen LogP contribution is 1.82. The molecule has 0 amide bonds. The molecule has 0 bridgehead atoms. The van der Waals surface area contributed by atoms with Gasteiger partial charge in [0.25, 0.3) is 0 Å². The van der Waals surface area contributed by atoms with Crippen molar-refractivity contribution in [2.45, 2.75) is 0 Å². The van der Waals surface area contributed by atoms with E-state index in [2.05, 4.69) is 9.97 Å². The Morgan fingerprint density at radius 1 is 1.75 bits per heavy atom. The summed E-state index contributed by atoms with van der Waals surface area (Å²) in [5, 5.41) is 8.11. The van der Waals surface area contributed by atoms with Crippen molar-refractivity contribution in [2.24, 2.45) is 0 Å². The summed E-state index contributed by atoms with van der Waals surface area (Å²) < 4.78 is 0. The lowest BCUT2D eigenvalue weighted by molar-refractivity contribution is 1.29. The van der Waals surface area contributed by atoms with Crippen molar-refractivity contribution >= 4 is 12.4 Å². The standard InChI is InChI=1S/C4H3N3.ClH/c5-1-4-2-6-3-7-4;/h2-3H,(H,6,7);1H. The van der Waals surface area contributed by atoms with E-state index in [4.69, 9.17) is 5.26 Å². The summed E-state index contributed by atoms with van der Waals surface area (Å²) in [7, 11) is 0. The van der Waals surface area contributed by atoms with Crippen LogP contribution in [0.15, 0.2) is 12.5 Å². The molecular formula is C4H4ClN3. The molecule has 0 aliphatic rings. The van der Waals surface area contributed by atoms with Crippen LogP contribution in [0.2, 0.25) is 0 Å². The Balaban J connectivity index is 0.000000490. The second-order valence-electron chi connectivity index (χ2n) is 1.08. The molecule has 1 aromatic rings. The van der Waals surface area contributed by atoms with Crippen molar-refractivity contribution in [3.8, 4) is 6.07 Å². The van der Waals surface area contributed by atoms with E-state index in [1.807, 2.05) is 6.07 Å². The highest BCUT2D eigenvalue weighted by Gasteiger charge is 1.82. The maximum Gasteiger partial charge on any atom is 0.137 e. The second kappa shape index (κ2) is 3.05. The van der Waals surface area contributed by atoms with Crippen molar-refractivity contribution in [3.63, 3.8) is 0 Å². The second-order valence-corrected chi connectivity index (χ2v) is 1.08. The maximum atomic E-state index is 8.11. The van der Waals surface area contributed by atoms with Crippen LogP contribution in [0.1, 0.15) is 5.69 Å². The van der Waals surface area contributed by atoms with E-state index in [-0.39, 0.29) is 12.4 Å². The highest BCUT2D eigenvalue weighted by molar-refractivity contribution is 5.85. The van der Waals surface area contributed by atoms with Crippen LogP contribution in [0.25, 0.3) is 0 Å². The quantitative estimate of drug-likeness (QED) is 0.561. The van der Waals surface area contributed by atoms with Crippen LogP contribution in [0, 0.1) is 11.3 Å². The van der Waals surface area contributed by atoms with Crippen LogP contribution in [-0.4, -0.2) is 9.97 Å². The fourth-order valence-electron chi connectivity index (χ4n) is 0.317. The Morgan fingerprint density at radius 2 is 2.50 bits per heavy atom. The predicted molar refractivity (Wildman–Crippen MR) is 30.6 cm³/mol. The SMILES string of the molecule is Cl.N#Cc1cnc[nH]1. The lowest BCUT2D eigenvalue weighted by atomic mass is 10.6. The van der Waals surface area contributed by atoms with Crippen LogP contribution in [0.3, 0.4) is 0 Å². The van der Waals surface area contributed by atoms with Gasteiger partial charge in [-0.3, -0.25) is 0 Å².